The molecule has 1 aromatic heterocycles. The average molecular weight is 287 g/mol. The highest BCUT2D eigenvalue weighted by Crippen LogP contribution is 2.17. The van der Waals surface area contributed by atoms with Gasteiger partial charge in [0, 0.05) is 17.4 Å². The van der Waals surface area contributed by atoms with E-state index in [1.807, 2.05) is 20.8 Å². The minimum absolute atomic E-state index is 0.124. The second-order valence-corrected chi connectivity index (χ2v) is 5.74. The van der Waals surface area contributed by atoms with Crippen molar-refractivity contribution >= 4 is 17.3 Å². The number of hydrogen-bond acceptors (Lipinski definition) is 3. The number of halogens is 1. The van der Waals surface area contributed by atoms with E-state index in [-0.39, 0.29) is 16.9 Å². The quantitative estimate of drug-likeness (QED) is 0.905. The average Bonchev–Trinajstić information content (AvgIpc) is 2.39. The molecule has 0 bridgehead atoms. The van der Waals surface area contributed by atoms with Gasteiger partial charge in [-0.3, -0.25) is 9.78 Å². The van der Waals surface area contributed by atoms with Crippen LogP contribution in [0.4, 0.5) is 15.8 Å². The summed E-state index contributed by atoms with van der Waals surface area (Å²) in [4.78, 5) is 16.1. The van der Waals surface area contributed by atoms with Gasteiger partial charge in [-0.25, -0.2) is 4.39 Å². The van der Waals surface area contributed by atoms with E-state index in [0.717, 1.165) is 5.69 Å². The summed E-state index contributed by atoms with van der Waals surface area (Å²) in [5.74, 6) is -0.924. The van der Waals surface area contributed by atoms with Gasteiger partial charge in [-0.15, -0.1) is 0 Å². The van der Waals surface area contributed by atoms with Gasteiger partial charge in [-0.2, -0.15) is 0 Å². The van der Waals surface area contributed by atoms with Crippen LogP contribution in [-0.2, 0) is 0 Å². The summed E-state index contributed by atoms with van der Waals surface area (Å²) in [6, 6.07) is 9.44. The molecule has 0 aliphatic carbocycles. The summed E-state index contributed by atoms with van der Waals surface area (Å²) in [5.41, 5.74) is 1.03. The lowest BCUT2D eigenvalue weighted by molar-refractivity contribution is 0.102. The van der Waals surface area contributed by atoms with E-state index in [1.165, 1.54) is 12.1 Å². The Bertz CT molecular complexity index is 650. The molecule has 2 rings (SSSR count). The fraction of sp³-hybridized carbons (Fsp3) is 0.250. The number of hydrogen-bond donors (Lipinski definition) is 2. The molecule has 0 radical (unpaired) electrons. The second-order valence-electron chi connectivity index (χ2n) is 5.74. The van der Waals surface area contributed by atoms with E-state index in [0.29, 0.717) is 0 Å². The Labute approximate surface area is 123 Å². The monoisotopic (exact) mass is 287 g/mol. The number of aromatic nitrogens is 1. The third-order valence-electron chi connectivity index (χ3n) is 2.63. The molecular formula is C16H18FN3O. The van der Waals surface area contributed by atoms with Crippen molar-refractivity contribution in [2.75, 3.05) is 10.6 Å². The molecule has 0 spiro atoms. The number of para-hydroxylation sites is 1. The molecule has 5 heteroatoms. The molecule has 2 N–H and O–H groups in total. The van der Waals surface area contributed by atoms with Crippen molar-refractivity contribution in [3.63, 3.8) is 0 Å². The van der Waals surface area contributed by atoms with Crippen LogP contribution in [-0.4, -0.2) is 16.4 Å². The second kappa shape index (κ2) is 5.91. The van der Waals surface area contributed by atoms with E-state index in [4.69, 9.17) is 0 Å². The van der Waals surface area contributed by atoms with Crippen molar-refractivity contribution in [2.24, 2.45) is 0 Å². The Hall–Kier alpha value is -2.43. The molecule has 4 nitrogen and oxygen atoms in total. The van der Waals surface area contributed by atoms with Gasteiger partial charge in [0.2, 0.25) is 0 Å². The molecule has 0 saturated carbocycles. The Kier molecular flexibility index (Phi) is 4.21. The van der Waals surface area contributed by atoms with Crippen molar-refractivity contribution in [1.29, 1.82) is 0 Å². The zero-order valence-electron chi connectivity index (χ0n) is 12.3. The van der Waals surface area contributed by atoms with E-state index >= 15 is 0 Å². The van der Waals surface area contributed by atoms with E-state index in [1.54, 1.807) is 30.5 Å². The van der Waals surface area contributed by atoms with Crippen molar-refractivity contribution in [3.8, 4) is 0 Å². The van der Waals surface area contributed by atoms with E-state index in [9.17, 15) is 9.18 Å². The zero-order valence-corrected chi connectivity index (χ0v) is 12.3. The first-order valence-electron chi connectivity index (χ1n) is 6.65. The zero-order chi connectivity index (χ0) is 15.5. The summed E-state index contributed by atoms with van der Waals surface area (Å²) in [6.07, 6.45) is 1.55. The lowest BCUT2D eigenvalue weighted by atomic mass is 10.1. The van der Waals surface area contributed by atoms with Gasteiger partial charge in [0.25, 0.3) is 5.91 Å². The fourth-order valence-electron chi connectivity index (χ4n) is 1.81. The van der Waals surface area contributed by atoms with E-state index in [2.05, 4.69) is 15.6 Å². The van der Waals surface area contributed by atoms with Crippen LogP contribution in [0.15, 0.2) is 42.6 Å². The maximum absolute atomic E-state index is 13.5. The van der Waals surface area contributed by atoms with Crippen LogP contribution in [0.5, 0.6) is 0 Å². The molecule has 21 heavy (non-hydrogen) atoms. The Balaban J connectivity index is 2.16. The third kappa shape index (κ3) is 4.27. The van der Waals surface area contributed by atoms with Crippen LogP contribution in [0, 0.1) is 5.82 Å². The first-order chi connectivity index (χ1) is 9.85. The van der Waals surface area contributed by atoms with Gasteiger partial charge in [-0.1, -0.05) is 12.1 Å². The SMILES string of the molecule is CC(C)(C)Nc1ccnc(C(=O)Nc2ccccc2F)c1. The predicted octanol–water partition coefficient (Wildman–Crippen LogP) is 3.68. The molecule has 0 aliphatic rings. The molecule has 1 heterocycles. The highest BCUT2D eigenvalue weighted by molar-refractivity contribution is 6.03. The molecule has 0 unspecified atom stereocenters. The van der Waals surface area contributed by atoms with E-state index < -0.39 is 11.7 Å². The Morgan fingerprint density at radius 3 is 2.57 bits per heavy atom. The first kappa shape index (κ1) is 15.0. The van der Waals surface area contributed by atoms with Crippen molar-refractivity contribution < 1.29 is 9.18 Å². The van der Waals surface area contributed by atoms with Crippen LogP contribution in [0.3, 0.4) is 0 Å². The number of carbonyl (C=O) groups excluding carboxylic acids is 1. The molecule has 0 atom stereocenters. The van der Waals surface area contributed by atoms with Crippen LogP contribution < -0.4 is 10.6 Å². The summed E-state index contributed by atoms with van der Waals surface area (Å²) in [5, 5.41) is 5.77. The number of rotatable bonds is 3. The maximum atomic E-state index is 13.5. The fourth-order valence-corrected chi connectivity index (χ4v) is 1.81. The third-order valence-corrected chi connectivity index (χ3v) is 2.63. The van der Waals surface area contributed by atoms with Crippen LogP contribution in [0.2, 0.25) is 0 Å². The lowest BCUT2D eigenvalue weighted by Crippen LogP contribution is -2.26. The standard InChI is InChI=1S/C16H18FN3O/c1-16(2,3)20-11-8-9-18-14(10-11)15(21)19-13-7-5-4-6-12(13)17/h4-10H,1-3H3,(H,18,20)(H,19,21). The van der Waals surface area contributed by atoms with Crippen molar-refractivity contribution in [1.82, 2.24) is 4.98 Å². The number of nitrogens with one attached hydrogen (secondary N) is 2. The largest absolute Gasteiger partial charge is 0.380 e. The summed E-state index contributed by atoms with van der Waals surface area (Å²) in [6.45, 7) is 6.06. The normalized spacial score (nSPS) is 11.0. The predicted molar refractivity (Wildman–Crippen MR) is 82.0 cm³/mol. The lowest BCUT2D eigenvalue weighted by Gasteiger charge is -2.22. The number of nitrogens with zero attached hydrogens (tertiary/aromatic N) is 1. The highest BCUT2D eigenvalue weighted by atomic mass is 19.1. The first-order valence-corrected chi connectivity index (χ1v) is 6.65. The summed E-state index contributed by atoms with van der Waals surface area (Å²) in [7, 11) is 0. The Morgan fingerprint density at radius 1 is 1.19 bits per heavy atom. The smallest absolute Gasteiger partial charge is 0.274 e. The number of pyridine rings is 1. The van der Waals surface area contributed by atoms with Crippen LogP contribution in [0.1, 0.15) is 31.3 Å². The number of amides is 1. The number of anilines is 2. The Morgan fingerprint density at radius 2 is 1.90 bits per heavy atom. The molecule has 2 aromatic rings. The summed E-state index contributed by atoms with van der Waals surface area (Å²) < 4.78 is 13.5. The van der Waals surface area contributed by atoms with Gasteiger partial charge < -0.3 is 10.6 Å². The van der Waals surface area contributed by atoms with Gasteiger partial charge in [0.15, 0.2) is 0 Å². The molecule has 1 aromatic carbocycles. The topological polar surface area (TPSA) is 54.0 Å². The molecule has 0 fully saturated rings. The van der Waals surface area contributed by atoms with Crippen molar-refractivity contribution in [3.05, 3.63) is 54.1 Å². The molecular weight excluding hydrogens is 269 g/mol. The number of benzene rings is 1. The van der Waals surface area contributed by atoms with Gasteiger partial charge >= 0.3 is 0 Å². The molecule has 1 amide bonds. The maximum Gasteiger partial charge on any atom is 0.274 e. The van der Waals surface area contributed by atoms with Crippen molar-refractivity contribution in [2.45, 2.75) is 26.3 Å². The summed E-state index contributed by atoms with van der Waals surface area (Å²) >= 11 is 0. The number of carbonyl (C=O) groups is 1. The molecule has 0 aliphatic heterocycles. The molecule has 110 valence electrons. The van der Waals surface area contributed by atoms with Gasteiger partial charge in [0.1, 0.15) is 11.5 Å². The van der Waals surface area contributed by atoms with Crippen LogP contribution >= 0.6 is 0 Å². The molecule has 0 saturated heterocycles. The van der Waals surface area contributed by atoms with Crippen LogP contribution in [0.25, 0.3) is 0 Å². The van der Waals surface area contributed by atoms with Gasteiger partial charge in [0.05, 0.1) is 5.69 Å². The highest BCUT2D eigenvalue weighted by Gasteiger charge is 2.13. The van der Waals surface area contributed by atoms with Gasteiger partial charge in [-0.05, 0) is 45.0 Å². The minimum Gasteiger partial charge on any atom is -0.380 e. The minimum atomic E-state index is -0.477.